The van der Waals surface area contributed by atoms with Gasteiger partial charge in [-0.2, -0.15) is 0 Å². The van der Waals surface area contributed by atoms with Gasteiger partial charge < -0.3 is 15.6 Å². The van der Waals surface area contributed by atoms with Gasteiger partial charge in [0.1, 0.15) is 5.69 Å². The Morgan fingerprint density at radius 2 is 2.31 bits per heavy atom. The minimum Gasteiger partial charge on any atom is -0.339 e. The minimum atomic E-state index is -1.55. The number of H-pyrrole nitrogens is 1. The van der Waals surface area contributed by atoms with Gasteiger partial charge in [-0.25, -0.2) is 4.98 Å². The quantitative estimate of drug-likeness (QED) is 0.554. The number of imidazole rings is 1. The van der Waals surface area contributed by atoms with E-state index < -0.39 is 11.7 Å². The fourth-order valence-corrected chi connectivity index (χ4v) is 1.59. The molecule has 0 fully saturated rings. The van der Waals surface area contributed by atoms with Crippen molar-refractivity contribution in [2.45, 2.75) is 25.6 Å². The van der Waals surface area contributed by atoms with Crippen molar-refractivity contribution in [1.29, 1.82) is 0 Å². The Morgan fingerprint density at radius 3 is 3.00 bits per heavy atom. The molecule has 1 atom stereocenters. The van der Waals surface area contributed by atoms with Crippen molar-refractivity contribution in [2.24, 2.45) is 5.73 Å². The first kappa shape index (κ1) is 10.6. The molecular formula is C9H13N5O2. The molecule has 0 spiro atoms. The van der Waals surface area contributed by atoms with E-state index in [0.717, 1.165) is 0 Å². The van der Waals surface area contributed by atoms with Gasteiger partial charge in [-0.05, 0) is 6.42 Å². The van der Waals surface area contributed by atoms with Gasteiger partial charge in [0.05, 0.1) is 6.33 Å². The number of fused-ring (bicyclic) bond motifs is 1. The molecule has 1 aliphatic rings. The number of aromatic amines is 1. The number of anilines is 1. The van der Waals surface area contributed by atoms with Crippen molar-refractivity contribution < 1.29 is 9.59 Å². The number of Topliss-reactive ketones (excluding diaryl/α,β-unsaturated/α-hetero) is 1. The number of nitrogens with zero attached hydrogens (tertiary/aromatic N) is 1. The lowest BCUT2D eigenvalue weighted by atomic mass is 10.1. The molecule has 1 unspecified atom stereocenters. The number of carbonyl (C=O) groups is 2. The molecule has 16 heavy (non-hydrogen) atoms. The molecule has 2 heterocycles. The van der Waals surface area contributed by atoms with Gasteiger partial charge in [0.25, 0.3) is 5.91 Å². The summed E-state index contributed by atoms with van der Waals surface area (Å²) in [5, 5.41) is 5.15. The van der Waals surface area contributed by atoms with Crippen LogP contribution in [0.1, 0.15) is 30.3 Å². The van der Waals surface area contributed by atoms with E-state index in [2.05, 4.69) is 20.6 Å². The van der Waals surface area contributed by atoms with Crippen LogP contribution in [0.15, 0.2) is 6.33 Å². The lowest BCUT2D eigenvalue weighted by Gasteiger charge is -2.33. The molecule has 1 aromatic rings. The monoisotopic (exact) mass is 223 g/mol. The van der Waals surface area contributed by atoms with Crippen LogP contribution < -0.4 is 16.4 Å². The van der Waals surface area contributed by atoms with E-state index in [1.807, 2.05) is 6.92 Å². The summed E-state index contributed by atoms with van der Waals surface area (Å²) in [5.41, 5.74) is 6.09. The molecule has 7 heteroatoms. The standard InChI is InChI=1S/C9H13N5O2/c1-2-3-5(15)9(10)13-7-6(8(16)14-9)11-4-12-7/h4,13H,2-3,10H2,1H3,(H,11,12)(H,14,16). The second-order valence-electron chi connectivity index (χ2n) is 3.69. The molecule has 2 rings (SSSR count). The first-order valence-electron chi connectivity index (χ1n) is 5.03. The largest absolute Gasteiger partial charge is 0.339 e. The Labute approximate surface area is 91.8 Å². The van der Waals surface area contributed by atoms with E-state index in [4.69, 9.17) is 5.73 Å². The Balaban J connectivity index is 2.28. The van der Waals surface area contributed by atoms with Crippen molar-refractivity contribution in [2.75, 3.05) is 5.32 Å². The van der Waals surface area contributed by atoms with Crippen LogP contribution in [0.4, 0.5) is 5.82 Å². The normalized spacial score (nSPS) is 23.2. The van der Waals surface area contributed by atoms with E-state index >= 15 is 0 Å². The summed E-state index contributed by atoms with van der Waals surface area (Å²) in [4.78, 5) is 29.9. The third kappa shape index (κ3) is 1.54. The van der Waals surface area contributed by atoms with Crippen LogP contribution in [-0.4, -0.2) is 27.4 Å². The van der Waals surface area contributed by atoms with E-state index in [0.29, 0.717) is 18.7 Å². The predicted octanol–water partition coefficient (Wildman–Crippen LogP) is -0.453. The maximum absolute atomic E-state index is 11.8. The second kappa shape index (κ2) is 3.60. The van der Waals surface area contributed by atoms with Crippen molar-refractivity contribution in [3.05, 3.63) is 12.0 Å². The van der Waals surface area contributed by atoms with Gasteiger partial charge in [-0.1, -0.05) is 6.92 Å². The predicted molar refractivity (Wildman–Crippen MR) is 56.5 cm³/mol. The summed E-state index contributed by atoms with van der Waals surface area (Å²) in [6, 6.07) is 0. The van der Waals surface area contributed by atoms with Crippen molar-refractivity contribution in [1.82, 2.24) is 15.3 Å². The number of aromatic nitrogens is 2. The molecule has 0 aliphatic carbocycles. The first-order chi connectivity index (χ1) is 7.57. The fraction of sp³-hybridized carbons (Fsp3) is 0.444. The number of nitrogens with two attached hydrogens (primary N) is 1. The van der Waals surface area contributed by atoms with E-state index in [-0.39, 0.29) is 11.5 Å². The van der Waals surface area contributed by atoms with Crippen LogP contribution in [0, 0.1) is 0 Å². The zero-order chi connectivity index (χ0) is 11.8. The molecule has 5 N–H and O–H groups in total. The van der Waals surface area contributed by atoms with Crippen LogP contribution in [0.3, 0.4) is 0 Å². The van der Waals surface area contributed by atoms with Crippen molar-refractivity contribution in [3.63, 3.8) is 0 Å². The van der Waals surface area contributed by atoms with Gasteiger partial charge >= 0.3 is 0 Å². The highest BCUT2D eigenvalue weighted by Gasteiger charge is 2.40. The van der Waals surface area contributed by atoms with Gasteiger partial charge in [-0.3, -0.25) is 15.3 Å². The SMILES string of the molecule is CCCC(=O)C1(N)NC(=O)c2[nH]cnc2N1. The highest BCUT2D eigenvalue weighted by atomic mass is 16.2. The molecule has 7 nitrogen and oxygen atoms in total. The summed E-state index contributed by atoms with van der Waals surface area (Å²) in [7, 11) is 0. The molecule has 0 radical (unpaired) electrons. The fourth-order valence-electron chi connectivity index (χ4n) is 1.59. The number of rotatable bonds is 3. The molecule has 1 amide bonds. The third-order valence-corrected chi connectivity index (χ3v) is 2.41. The van der Waals surface area contributed by atoms with Crippen LogP contribution in [0.5, 0.6) is 0 Å². The number of hydrogen-bond donors (Lipinski definition) is 4. The molecule has 0 aromatic carbocycles. The number of hydrogen-bond acceptors (Lipinski definition) is 5. The smallest absolute Gasteiger partial charge is 0.274 e. The van der Waals surface area contributed by atoms with Gasteiger partial charge in [0, 0.05) is 6.42 Å². The summed E-state index contributed by atoms with van der Waals surface area (Å²) in [5.74, 6) is -1.94. The lowest BCUT2D eigenvalue weighted by molar-refractivity contribution is -0.124. The van der Waals surface area contributed by atoms with Crippen molar-refractivity contribution >= 4 is 17.5 Å². The summed E-state index contributed by atoms with van der Waals surface area (Å²) in [6.45, 7) is 1.87. The summed E-state index contributed by atoms with van der Waals surface area (Å²) >= 11 is 0. The van der Waals surface area contributed by atoms with E-state index in [9.17, 15) is 9.59 Å². The lowest BCUT2D eigenvalue weighted by Crippen LogP contribution is -2.68. The Morgan fingerprint density at radius 1 is 1.56 bits per heavy atom. The molecule has 0 bridgehead atoms. The van der Waals surface area contributed by atoms with Gasteiger partial charge in [0.15, 0.2) is 11.6 Å². The highest BCUT2D eigenvalue weighted by molar-refractivity contribution is 6.05. The minimum absolute atomic E-state index is 0.267. The Kier molecular flexibility index (Phi) is 2.39. The number of carbonyl (C=O) groups excluding carboxylic acids is 2. The van der Waals surface area contributed by atoms with E-state index in [1.54, 1.807) is 0 Å². The topological polar surface area (TPSA) is 113 Å². The summed E-state index contributed by atoms with van der Waals surface area (Å²) < 4.78 is 0. The zero-order valence-electron chi connectivity index (χ0n) is 8.83. The molecule has 86 valence electrons. The second-order valence-corrected chi connectivity index (χ2v) is 3.69. The average molecular weight is 223 g/mol. The van der Waals surface area contributed by atoms with Crippen LogP contribution >= 0.6 is 0 Å². The number of ketones is 1. The third-order valence-electron chi connectivity index (χ3n) is 2.41. The maximum atomic E-state index is 11.8. The number of amides is 1. The number of nitrogens with one attached hydrogen (secondary N) is 3. The summed E-state index contributed by atoms with van der Waals surface area (Å²) in [6.07, 6.45) is 2.33. The van der Waals surface area contributed by atoms with Crippen molar-refractivity contribution in [3.8, 4) is 0 Å². The van der Waals surface area contributed by atoms with Crippen LogP contribution in [0.2, 0.25) is 0 Å². The molecule has 1 aromatic heterocycles. The van der Waals surface area contributed by atoms with E-state index in [1.165, 1.54) is 6.33 Å². The first-order valence-corrected chi connectivity index (χ1v) is 5.03. The van der Waals surface area contributed by atoms with Gasteiger partial charge in [0.2, 0.25) is 5.79 Å². The zero-order valence-corrected chi connectivity index (χ0v) is 8.83. The molecular weight excluding hydrogens is 210 g/mol. The van der Waals surface area contributed by atoms with Gasteiger partial charge in [-0.15, -0.1) is 0 Å². The maximum Gasteiger partial charge on any atom is 0.274 e. The molecule has 0 saturated carbocycles. The van der Waals surface area contributed by atoms with Crippen LogP contribution in [0.25, 0.3) is 0 Å². The molecule has 1 aliphatic heterocycles. The highest BCUT2D eigenvalue weighted by Crippen LogP contribution is 2.19. The molecule has 0 saturated heterocycles. The van der Waals surface area contributed by atoms with Crippen LogP contribution in [-0.2, 0) is 4.79 Å². The Bertz CT molecular complexity index is 441. The average Bonchev–Trinajstić information content (AvgIpc) is 2.66. The Hall–Kier alpha value is -1.89.